The van der Waals surface area contributed by atoms with E-state index in [1.54, 1.807) is 0 Å². The van der Waals surface area contributed by atoms with Gasteiger partial charge in [-0.15, -0.1) is 0 Å². The summed E-state index contributed by atoms with van der Waals surface area (Å²) in [6, 6.07) is 31.7. The molecule has 53 heavy (non-hydrogen) atoms. The number of hydrogen-bond acceptors (Lipinski definition) is 5. The van der Waals surface area contributed by atoms with Crippen molar-refractivity contribution in [2.24, 2.45) is 0 Å². The highest BCUT2D eigenvalue weighted by Gasteiger charge is 2.35. The minimum absolute atomic E-state index is 0.462. The predicted molar refractivity (Wildman–Crippen MR) is 220 cm³/mol. The Morgan fingerprint density at radius 2 is 1.28 bits per heavy atom. The van der Waals surface area contributed by atoms with Crippen LogP contribution < -0.4 is 9.80 Å². The zero-order valence-corrected chi connectivity index (χ0v) is 33.2. The van der Waals surface area contributed by atoms with Crippen LogP contribution in [0.25, 0.3) is 0 Å². The van der Waals surface area contributed by atoms with Gasteiger partial charge >= 0.3 is 0 Å². The van der Waals surface area contributed by atoms with Crippen molar-refractivity contribution in [3.8, 4) is 0 Å². The average molecular weight is 712 g/mol. The number of quaternary nitrogens is 1. The van der Waals surface area contributed by atoms with Crippen LogP contribution in [0.3, 0.4) is 0 Å². The van der Waals surface area contributed by atoms with Crippen molar-refractivity contribution in [2.45, 2.75) is 115 Å². The fourth-order valence-corrected chi connectivity index (χ4v) is 10.6. The number of nitrogens with zero attached hydrogens (tertiary/aromatic N) is 6. The van der Waals surface area contributed by atoms with Crippen molar-refractivity contribution < 1.29 is 4.48 Å². The highest BCUT2D eigenvalue weighted by atomic mass is 15.3. The highest BCUT2D eigenvalue weighted by Crippen LogP contribution is 2.37. The van der Waals surface area contributed by atoms with Gasteiger partial charge in [0.2, 0.25) is 0 Å². The van der Waals surface area contributed by atoms with Gasteiger partial charge in [0.05, 0.1) is 26.7 Å². The average Bonchev–Trinajstić information content (AvgIpc) is 3.78. The van der Waals surface area contributed by atoms with Crippen LogP contribution in [0.15, 0.2) is 78.9 Å². The normalized spacial score (nSPS) is 23.2. The van der Waals surface area contributed by atoms with Crippen molar-refractivity contribution in [2.75, 3.05) is 57.1 Å². The maximum atomic E-state index is 5.49. The summed E-state index contributed by atoms with van der Waals surface area (Å²) in [6.07, 6.45) is 13.3. The Balaban J connectivity index is 0.980. The summed E-state index contributed by atoms with van der Waals surface area (Å²) in [6.45, 7) is 8.97. The molecule has 0 bridgehead atoms. The third-order valence-corrected chi connectivity index (χ3v) is 13.9. The SMILES string of the molecule is Cc1cccc(N(CCC2CC(c3ccc(N(CCC4CCCC[N+]4(C)C)C4Cc5ccccc5C4)nc3C)CCN2C)C2Cc3ccccc3C2)n1. The van der Waals surface area contributed by atoms with Gasteiger partial charge in [-0.05, 0) is 144 Å². The Labute approximate surface area is 319 Å². The van der Waals surface area contributed by atoms with Crippen LogP contribution >= 0.6 is 0 Å². The summed E-state index contributed by atoms with van der Waals surface area (Å²) in [5, 5.41) is 0. The van der Waals surface area contributed by atoms with Crippen molar-refractivity contribution in [3.63, 3.8) is 0 Å². The molecule has 2 aliphatic carbocycles. The molecule has 6 heteroatoms. The Morgan fingerprint density at radius 1 is 0.679 bits per heavy atom. The maximum absolute atomic E-state index is 5.49. The van der Waals surface area contributed by atoms with Crippen LogP contribution in [-0.2, 0) is 25.7 Å². The van der Waals surface area contributed by atoms with Crippen LogP contribution in [0.4, 0.5) is 11.6 Å². The summed E-state index contributed by atoms with van der Waals surface area (Å²) in [4.78, 5) is 18.5. The topological polar surface area (TPSA) is 35.5 Å². The van der Waals surface area contributed by atoms with E-state index in [4.69, 9.17) is 9.97 Å². The number of pyridine rings is 2. The molecule has 3 atom stereocenters. The van der Waals surface area contributed by atoms with E-state index in [-0.39, 0.29) is 0 Å². The van der Waals surface area contributed by atoms with Crippen LogP contribution in [0.1, 0.15) is 90.1 Å². The van der Waals surface area contributed by atoms with Crippen molar-refractivity contribution in [1.82, 2.24) is 14.9 Å². The van der Waals surface area contributed by atoms with Crippen molar-refractivity contribution in [1.29, 1.82) is 0 Å². The van der Waals surface area contributed by atoms with E-state index >= 15 is 0 Å². The zero-order chi connectivity index (χ0) is 36.5. The molecule has 8 rings (SSSR count). The number of rotatable bonds is 11. The third kappa shape index (κ3) is 7.91. The molecule has 0 spiro atoms. The van der Waals surface area contributed by atoms with Gasteiger partial charge in [-0.1, -0.05) is 60.7 Å². The molecule has 2 saturated heterocycles. The lowest BCUT2D eigenvalue weighted by Crippen LogP contribution is -2.53. The van der Waals surface area contributed by atoms with E-state index < -0.39 is 0 Å². The predicted octanol–water partition coefficient (Wildman–Crippen LogP) is 8.33. The van der Waals surface area contributed by atoms with Crippen molar-refractivity contribution in [3.05, 3.63) is 118 Å². The van der Waals surface area contributed by atoms with Crippen molar-refractivity contribution >= 4 is 11.6 Å². The minimum Gasteiger partial charge on any atom is -0.353 e. The molecular formula is C47H63N6+. The number of piperidine rings is 2. The van der Waals surface area contributed by atoms with E-state index in [9.17, 15) is 0 Å². The van der Waals surface area contributed by atoms with Crippen LogP contribution in [0.2, 0.25) is 0 Å². The highest BCUT2D eigenvalue weighted by molar-refractivity contribution is 5.48. The summed E-state index contributed by atoms with van der Waals surface area (Å²) in [5.74, 6) is 2.87. The minimum atomic E-state index is 0.462. The van der Waals surface area contributed by atoms with Gasteiger partial charge in [0.25, 0.3) is 0 Å². The Morgan fingerprint density at radius 3 is 1.87 bits per heavy atom. The fourth-order valence-electron chi connectivity index (χ4n) is 10.6. The molecule has 0 amide bonds. The van der Waals surface area contributed by atoms with Gasteiger partial charge in [0.15, 0.2) is 0 Å². The fraction of sp³-hybridized carbons (Fsp3) is 0.532. The first-order valence-corrected chi connectivity index (χ1v) is 20.8. The van der Waals surface area contributed by atoms with Gasteiger partial charge in [0, 0.05) is 49.0 Å². The summed E-state index contributed by atoms with van der Waals surface area (Å²) in [5.41, 5.74) is 9.85. The number of fused-ring (bicyclic) bond motifs is 2. The van der Waals surface area contributed by atoms with E-state index in [1.165, 1.54) is 84.4 Å². The van der Waals surface area contributed by atoms with Gasteiger partial charge < -0.3 is 19.2 Å². The third-order valence-electron chi connectivity index (χ3n) is 13.9. The molecule has 280 valence electrons. The monoisotopic (exact) mass is 712 g/mol. The molecule has 2 aromatic heterocycles. The zero-order valence-electron chi connectivity index (χ0n) is 33.2. The summed E-state index contributed by atoms with van der Waals surface area (Å²) >= 11 is 0. The molecule has 0 radical (unpaired) electrons. The number of benzene rings is 2. The molecule has 0 saturated carbocycles. The smallest absolute Gasteiger partial charge is 0.129 e. The lowest BCUT2D eigenvalue weighted by molar-refractivity contribution is -0.920. The quantitative estimate of drug-likeness (QED) is 0.146. The van der Waals surface area contributed by atoms with E-state index in [2.05, 4.69) is 129 Å². The van der Waals surface area contributed by atoms with Gasteiger partial charge in [-0.3, -0.25) is 0 Å². The maximum Gasteiger partial charge on any atom is 0.129 e. The molecule has 2 aromatic carbocycles. The summed E-state index contributed by atoms with van der Waals surface area (Å²) in [7, 11) is 7.26. The largest absolute Gasteiger partial charge is 0.353 e. The second-order valence-electron chi connectivity index (χ2n) is 17.6. The second-order valence-corrected chi connectivity index (χ2v) is 17.6. The first-order valence-electron chi connectivity index (χ1n) is 20.8. The van der Waals surface area contributed by atoms with E-state index in [0.717, 1.165) is 73.8 Å². The number of aromatic nitrogens is 2. The molecule has 4 aromatic rings. The molecule has 0 N–H and O–H groups in total. The van der Waals surface area contributed by atoms with Gasteiger partial charge in [-0.25, -0.2) is 9.97 Å². The number of anilines is 2. The lowest BCUT2D eigenvalue weighted by atomic mass is 9.83. The lowest BCUT2D eigenvalue weighted by Gasteiger charge is -2.43. The molecule has 4 aliphatic rings. The van der Waals surface area contributed by atoms with E-state index in [0.29, 0.717) is 24.0 Å². The van der Waals surface area contributed by atoms with Crippen LogP contribution in [0.5, 0.6) is 0 Å². The number of aryl methyl sites for hydroxylation is 2. The first-order chi connectivity index (χ1) is 25.7. The van der Waals surface area contributed by atoms with E-state index in [1.807, 2.05) is 0 Å². The summed E-state index contributed by atoms with van der Waals surface area (Å²) < 4.78 is 1.16. The second kappa shape index (κ2) is 15.5. The Bertz CT molecular complexity index is 1820. The van der Waals surface area contributed by atoms with Crippen LogP contribution in [-0.4, -0.2) is 90.8 Å². The molecule has 2 fully saturated rings. The first kappa shape index (κ1) is 36.2. The molecular weight excluding hydrogens is 649 g/mol. The number of hydrogen-bond donors (Lipinski definition) is 0. The Hall–Kier alpha value is -3.74. The standard InChI is InChI=1S/C47H63N6/c1-34-13-12-19-46(48-34)51(42-29-36-14-6-7-15-37(36)30-42)26-23-41-33-40(22-25-50(41)3)45-20-21-47(49-35(45)2)52(27-24-44-18-10-11-28-53(44,4)5)43-31-38-16-8-9-17-39(38)32-43/h6-9,12-17,19-21,40-44H,10-11,18,22-33H2,1-5H3/q+1. The van der Waals surface area contributed by atoms with Gasteiger partial charge in [-0.2, -0.15) is 0 Å². The molecule has 6 nitrogen and oxygen atoms in total. The molecule has 4 heterocycles. The molecule has 3 unspecified atom stereocenters. The van der Waals surface area contributed by atoms with Crippen LogP contribution in [0, 0.1) is 13.8 Å². The van der Waals surface area contributed by atoms with Gasteiger partial charge in [0.1, 0.15) is 11.6 Å². The number of likely N-dealkylation sites (tertiary alicyclic amines) is 2. The molecule has 2 aliphatic heterocycles. The Kier molecular flexibility index (Phi) is 10.6.